The Bertz CT molecular complexity index is 752. The molecule has 0 unspecified atom stereocenters. The molecule has 0 N–H and O–H groups in total. The molecule has 1 heterocycles. The molecule has 0 saturated heterocycles. The molecule has 0 radical (unpaired) electrons. The van der Waals surface area contributed by atoms with Crippen LogP contribution in [0.4, 0.5) is 0 Å². The van der Waals surface area contributed by atoms with Crippen molar-refractivity contribution in [3.05, 3.63) is 47.0 Å². The summed E-state index contributed by atoms with van der Waals surface area (Å²) < 4.78 is 0. The summed E-state index contributed by atoms with van der Waals surface area (Å²) in [6, 6.07) is 12.4. The lowest BCUT2D eigenvalue weighted by molar-refractivity contribution is 1.42. The van der Waals surface area contributed by atoms with E-state index >= 15 is 0 Å². The first kappa shape index (κ1) is 11.8. The molecule has 0 amide bonds. The molecule has 0 atom stereocenters. The second-order valence-corrected chi connectivity index (χ2v) is 5.59. The lowest BCUT2D eigenvalue weighted by Gasteiger charge is -2.07. The minimum Gasteiger partial charge on any atom is -0.248 e. The van der Waals surface area contributed by atoms with Gasteiger partial charge in [-0.25, -0.2) is 4.98 Å². The molecule has 0 aliphatic heterocycles. The SMILES string of the molecule is CSc1ccc2nc3cc(C)ccc3c(Cl)c2c1. The van der Waals surface area contributed by atoms with Gasteiger partial charge in [0.1, 0.15) is 0 Å². The van der Waals surface area contributed by atoms with Crippen LogP contribution in [0.25, 0.3) is 21.8 Å². The van der Waals surface area contributed by atoms with Crippen LogP contribution in [0.2, 0.25) is 5.02 Å². The van der Waals surface area contributed by atoms with E-state index in [2.05, 4.69) is 42.4 Å². The first-order valence-corrected chi connectivity index (χ1v) is 7.33. The van der Waals surface area contributed by atoms with Crippen LogP contribution in [0, 0.1) is 6.92 Å². The Morgan fingerprint density at radius 1 is 1.00 bits per heavy atom. The van der Waals surface area contributed by atoms with E-state index in [-0.39, 0.29) is 0 Å². The van der Waals surface area contributed by atoms with E-state index in [1.54, 1.807) is 11.8 Å². The second kappa shape index (κ2) is 4.45. The van der Waals surface area contributed by atoms with E-state index in [0.717, 1.165) is 26.8 Å². The van der Waals surface area contributed by atoms with E-state index in [1.165, 1.54) is 10.5 Å². The lowest BCUT2D eigenvalue weighted by atomic mass is 10.1. The summed E-state index contributed by atoms with van der Waals surface area (Å²) in [7, 11) is 0. The van der Waals surface area contributed by atoms with Crippen LogP contribution >= 0.6 is 23.4 Å². The smallest absolute Gasteiger partial charge is 0.0727 e. The van der Waals surface area contributed by atoms with Gasteiger partial charge in [0.05, 0.1) is 16.1 Å². The highest BCUT2D eigenvalue weighted by atomic mass is 35.5. The Hall–Kier alpha value is -1.25. The molecule has 3 aromatic rings. The van der Waals surface area contributed by atoms with Crippen molar-refractivity contribution in [2.75, 3.05) is 6.26 Å². The Morgan fingerprint density at radius 3 is 2.61 bits per heavy atom. The first-order valence-electron chi connectivity index (χ1n) is 5.72. The highest BCUT2D eigenvalue weighted by Gasteiger charge is 2.07. The quantitative estimate of drug-likeness (QED) is 0.453. The van der Waals surface area contributed by atoms with Crippen molar-refractivity contribution in [1.29, 1.82) is 0 Å². The first-order chi connectivity index (χ1) is 8.69. The highest BCUT2D eigenvalue weighted by Crippen LogP contribution is 2.32. The standard InChI is InChI=1S/C15H12ClNS/c1-9-3-5-11-14(7-9)17-13-6-4-10(18-2)8-12(13)15(11)16/h3-8H,1-2H3. The molecule has 0 aliphatic rings. The van der Waals surface area contributed by atoms with E-state index in [4.69, 9.17) is 11.6 Å². The third kappa shape index (κ3) is 1.86. The summed E-state index contributed by atoms with van der Waals surface area (Å²) in [4.78, 5) is 5.89. The maximum Gasteiger partial charge on any atom is 0.0727 e. The van der Waals surface area contributed by atoms with Crippen LogP contribution in [0.1, 0.15) is 5.56 Å². The molecule has 1 nitrogen and oxygen atoms in total. The van der Waals surface area contributed by atoms with Gasteiger partial charge >= 0.3 is 0 Å². The second-order valence-electron chi connectivity index (χ2n) is 4.33. The molecule has 0 spiro atoms. The van der Waals surface area contributed by atoms with Gasteiger partial charge in [-0.15, -0.1) is 11.8 Å². The van der Waals surface area contributed by atoms with Crippen LogP contribution in [0.5, 0.6) is 0 Å². The summed E-state index contributed by atoms with van der Waals surface area (Å²) in [6.45, 7) is 2.07. The third-order valence-corrected chi connectivity index (χ3v) is 4.20. The highest BCUT2D eigenvalue weighted by molar-refractivity contribution is 7.98. The van der Waals surface area contributed by atoms with Gasteiger partial charge in [0.25, 0.3) is 0 Å². The number of benzene rings is 2. The molecule has 0 saturated carbocycles. The number of nitrogens with zero attached hydrogens (tertiary/aromatic N) is 1. The van der Waals surface area contributed by atoms with Crippen molar-refractivity contribution < 1.29 is 0 Å². The van der Waals surface area contributed by atoms with Gasteiger partial charge in [0, 0.05) is 15.7 Å². The molecule has 0 bridgehead atoms. The summed E-state index contributed by atoms with van der Waals surface area (Å²) in [5.41, 5.74) is 3.12. The van der Waals surface area contributed by atoms with Crippen LogP contribution in [0.3, 0.4) is 0 Å². The Kier molecular flexibility index (Phi) is 2.92. The average molecular weight is 274 g/mol. The fourth-order valence-corrected chi connectivity index (χ4v) is 2.86. The van der Waals surface area contributed by atoms with Crippen molar-refractivity contribution in [3.63, 3.8) is 0 Å². The number of thioether (sulfide) groups is 1. The van der Waals surface area contributed by atoms with Gasteiger partial charge in [0.2, 0.25) is 0 Å². The molecule has 90 valence electrons. The molecule has 18 heavy (non-hydrogen) atoms. The minimum absolute atomic E-state index is 0.797. The molecule has 3 heteroatoms. The number of rotatable bonds is 1. The van der Waals surface area contributed by atoms with Crippen molar-refractivity contribution in [1.82, 2.24) is 4.98 Å². The van der Waals surface area contributed by atoms with Crippen LogP contribution in [0.15, 0.2) is 41.3 Å². The molecule has 1 aromatic heterocycles. The number of pyridine rings is 1. The van der Waals surface area contributed by atoms with Crippen LogP contribution in [-0.2, 0) is 0 Å². The monoisotopic (exact) mass is 273 g/mol. The maximum absolute atomic E-state index is 6.51. The van der Waals surface area contributed by atoms with Crippen molar-refractivity contribution >= 4 is 45.2 Å². The number of fused-ring (bicyclic) bond motifs is 2. The summed E-state index contributed by atoms with van der Waals surface area (Å²) in [5, 5.41) is 2.85. The summed E-state index contributed by atoms with van der Waals surface area (Å²) in [5.74, 6) is 0. The zero-order chi connectivity index (χ0) is 12.7. The number of aryl methyl sites for hydroxylation is 1. The lowest BCUT2D eigenvalue weighted by Crippen LogP contribution is -1.86. The normalized spacial score (nSPS) is 11.3. The predicted octanol–water partition coefficient (Wildman–Crippen LogP) is 5.07. The largest absolute Gasteiger partial charge is 0.248 e. The Morgan fingerprint density at radius 2 is 1.83 bits per heavy atom. The zero-order valence-electron chi connectivity index (χ0n) is 10.2. The third-order valence-electron chi connectivity index (χ3n) is 3.07. The van der Waals surface area contributed by atoms with Crippen molar-refractivity contribution in [2.45, 2.75) is 11.8 Å². The predicted molar refractivity (Wildman–Crippen MR) is 80.8 cm³/mol. The van der Waals surface area contributed by atoms with Gasteiger partial charge in [-0.1, -0.05) is 23.7 Å². The Labute approximate surface area is 115 Å². The Balaban J connectivity index is 2.44. The van der Waals surface area contributed by atoms with Crippen molar-refractivity contribution in [3.8, 4) is 0 Å². The molecular formula is C15H12ClNS. The van der Waals surface area contributed by atoms with Crippen LogP contribution in [-0.4, -0.2) is 11.2 Å². The fraction of sp³-hybridized carbons (Fsp3) is 0.133. The molecule has 2 aromatic carbocycles. The van der Waals surface area contributed by atoms with Crippen molar-refractivity contribution in [2.24, 2.45) is 0 Å². The molecule has 0 aliphatic carbocycles. The van der Waals surface area contributed by atoms with Gasteiger partial charge in [-0.3, -0.25) is 0 Å². The van der Waals surface area contributed by atoms with Gasteiger partial charge < -0.3 is 0 Å². The fourth-order valence-electron chi connectivity index (χ4n) is 2.11. The number of hydrogen-bond donors (Lipinski definition) is 0. The number of halogens is 1. The molecular weight excluding hydrogens is 262 g/mol. The maximum atomic E-state index is 6.51. The molecule has 0 fully saturated rings. The number of aromatic nitrogens is 1. The zero-order valence-corrected chi connectivity index (χ0v) is 11.8. The van der Waals surface area contributed by atoms with E-state index in [0.29, 0.717) is 0 Å². The van der Waals surface area contributed by atoms with E-state index < -0.39 is 0 Å². The number of hydrogen-bond acceptors (Lipinski definition) is 2. The molecule has 3 rings (SSSR count). The minimum atomic E-state index is 0.797. The average Bonchev–Trinajstić information content (AvgIpc) is 2.38. The summed E-state index contributed by atoms with van der Waals surface area (Å²) in [6.07, 6.45) is 2.06. The topological polar surface area (TPSA) is 12.9 Å². The van der Waals surface area contributed by atoms with E-state index in [9.17, 15) is 0 Å². The van der Waals surface area contributed by atoms with Gasteiger partial charge in [-0.05, 0) is 43.0 Å². The van der Waals surface area contributed by atoms with Gasteiger partial charge in [-0.2, -0.15) is 0 Å². The van der Waals surface area contributed by atoms with Crippen LogP contribution < -0.4 is 0 Å². The summed E-state index contributed by atoms with van der Waals surface area (Å²) >= 11 is 8.22. The van der Waals surface area contributed by atoms with E-state index in [1.807, 2.05) is 12.1 Å². The van der Waals surface area contributed by atoms with Gasteiger partial charge in [0.15, 0.2) is 0 Å².